The highest BCUT2D eigenvalue weighted by molar-refractivity contribution is 5.98. The van der Waals surface area contributed by atoms with Crippen LogP contribution in [0.5, 0.6) is 5.75 Å². The maximum absolute atomic E-state index is 14.3. The SMILES string of the molecule is C/C=C(/N=C(N)N)c1ccc2c(F)cnc(-c3c(O)cccc3F)c2c1. The molecule has 26 heavy (non-hydrogen) atoms. The Kier molecular flexibility index (Phi) is 4.53. The van der Waals surface area contributed by atoms with Crippen LogP contribution in [0.1, 0.15) is 12.5 Å². The predicted molar refractivity (Wildman–Crippen MR) is 98.2 cm³/mol. The number of nitrogens with zero attached hydrogens (tertiary/aromatic N) is 2. The summed E-state index contributed by atoms with van der Waals surface area (Å²) >= 11 is 0. The van der Waals surface area contributed by atoms with Gasteiger partial charge < -0.3 is 16.6 Å². The van der Waals surface area contributed by atoms with Gasteiger partial charge in [0.05, 0.1) is 23.2 Å². The number of allylic oxidation sites excluding steroid dienone is 1. The summed E-state index contributed by atoms with van der Waals surface area (Å²) in [7, 11) is 0. The molecule has 1 aromatic heterocycles. The minimum Gasteiger partial charge on any atom is -0.507 e. The van der Waals surface area contributed by atoms with Gasteiger partial charge in [-0.2, -0.15) is 0 Å². The lowest BCUT2D eigenvalue weighted by molar-refractivity contribution is 0.471. The van der Waals surface area contributed by atoms with Crippen LogP contribution in [0.25, 0.3) is 27.7 Å². The minimum absolute atomic E-state index is 0.0986. The first-order valence-corrected chi connectivity index (χ1v) is 7.74. The van der Waals surface area contributed by atoms with Crippen molar-refractivity contribution in [1.82, 2.24) is 4.98 Å². The molecule has 3 aromatic rings. The zero-order valence-electron chi connectivity index (χ0n) is 13.9. The number of rotatable bonds is 3. The van der Waals surface area contributed by atoms with Crippen LogP contribution in [0.3, 0.4) is 0 Å². The second kappa shape index (κ2) is 6.79. The molecule has 5 N–H and O–H groups in total. The maximum Gasteiger partial charge on any atom is 0.191 e. The van der Waals surface area contributed by atoms with Crippen molar-refractivity contribution in [1.29, 1.82) is 0 Å². The number of aliphatic imine (C=N–C) groups is 1. The number of phenols is 1. The lowest BCUT2D eigenvalue weighted by Gasteiger charge is -2.11. The minimum atomic E-state index is -0.661. The molecule has 0 bridgehead atoms. The summed E-state index contributed by atoms with van der Waals surface area (Å²) in [4.78, 5) is 8.03. The largest absolute Gasteiger partial charge is 0.507 e. The third-order valence-electron chi connectivity index (χ3n) is 3.89. The smallest absolute Gasteiger partial charge is 0.191 e. The summed E-state index contributed by atoms with van der Waals surface area (Å²) in [6, 6.07) is 8.71. The number of nitrogens with two attached hydrogens (primary N) is 2. The Bertz CT molecular complexity index is 1040. The predicted octanol–water partition coefficient (Wildman–Crippen LogP) is 3.52. The van der Waals surface area contributed by atoms with E-state index in [0.29, 0.717) is 16.6 Å². The van der Waals surface area contributed by atoms with Crippen molar-refractivity contribution in [2.45, 2.75) is 6.92 Å². The number of benzene rings is 2. The van der Waals surface area contributed by atoms with Gasteiger partial charge in [-0.05, 0) is 25.1 Å². The van der Waals surface area contributed by atoms with Gasteiger partial charge in [-0.25, -0.2) is 13.8 Å². The van der Waals surface area contributed by atoms with Crippen molar-refractivity contribution in [2.75, 3.05) is 0 Å². The first-order chi connectivity index (χ1) is 12.4. The molecule has 0 saturated heterocycles. The van der Waals surface area contributed by atoms with E-state index in [1.54, 1.807) is 25.1 Å². The molecule has 5 nitrogen and oxygen atoms in total. The van der Waals surface area contributed by atoms with E-state index < -0.39 is 11.6 Å². The Morgan fingerprint density at radius 2 is 1.88 bits per heavy atom. The highest BCUT2D eigenvalue weighted by Gasteiger charge is 2.17. The van der Waals surface area contributed by atoms with Crippen molar-refractivity contribution in [3.63, 3.8) is 0 Å². The molecule has 0 spiro atoms. The molecule has 0 amide bonds. The van der Waals surface area contributed by atoms with E-state index >= 15 is 0 Å². The average Bonchev–Trinajstić information content (AvgIpc) is 2.61. The lowest BCUT2D eigenvalue weighted by Crippen LogP contribution is -2.22. The van der Waals surface area contributed by atoms with Gasteiger partial charge >= 0.3 is 0 Å². The maximum atomic E-state index is 14.3. The van der Waals surface area contributed by atoms with Crippen LogP contribution in [-0.4, -0.2) is 16.1 Å². The fourth-order valence-corrected chi connectivity index (χ4v) is 2.75. The Morgan fingerprint density at radius 1 is 1.12 bits per heavy atom. The van der Waals surface area contributed by atoms with Crippen LogP contribution in [0, 0.1) is 11.6 Å². The lowest BCUT2D eigenvalue weighted by atomic mass is 9.99. The van der Waals surface area contributed by atoms with E-state index in [0.717, 1.165) is 6.20 Å². The van der Waals surface area contributed by atoms with Gasteiger partial charge in [0.1, 0.15) is 17.4 Å². The van der Waals surface area contributed by atoms with Crippen molar-refractivity contribution in [3.05, 3.63) is 65.9 Å². The number of hydrogen-bond donors (Lipinski definition) is 3. The van der Waals surface area contributed by atoms with Crippen molar-refractivity contribution >= 4 is 22.4 Å². The quantitative estimate of drug-likeness (QED) is 0.495. The number of phenolic OH excluding ortho intramolecular Hbond substituents is 1. The standard InChI is InChI=1S/C19H16F2N4O/c1-2-15(25-19(22)23)10-6-7-11-12(8-10)18(24-9-14(11)21)17-13(20)4-3-5-16(17)26/h2-9,26H,1H3,(H4,22,23,25)/b15-2+. The van der Waals surface area contributed by atoms with Crippen LogP contribution in [-0.2, 0) is 0 Å². The third kappa shape index (κ3) is 3.06. The van der Waals surface area contributed by atoms with Gasteiger partial charge in [-0.3, -0.25) is 4.98 Å². The molecule has 0 atom stereocenters. The molecule has 2 aromatic carbocycles. The molecule has 132 valence electrons. The van der Waals surface area contributed by atoms with Crippen LogP contribution in [0.4, 0.5) is 8.78 Å². The number of pyridine rings is 1. The summed E-state index contributed by atoms with van der Waals surface area (Å²) in [5.74, 6) is -1.63. The molecule has 0 fully saturated rings. The molecule has 0 aliphatic rings. The summed E-state index contributed by atoms with van der Waals surface area (Å²) in [5.41, 5.74) is 12.0. The number of fused-ring (bicyclic) bond motifs is 1. The van der Waals surface area contributed by atoms with Gasteiger partial charge in [-0.1, -0.05) is 24.3 Å². The van der Waals surface area contributed by atoms with Gasteiger partial charge in [0.15, 0.2) is 5.96 Å². The van der Waals surface area contributed by atoms with Gasteiger partial charge in [0.2, 0.25) is 0 Å². The van der Waals surface area contributed by atoms with Crippen molar-refractivity contribution in [3.8, 4) is 17.0 Å². The van der Waals surface area contributed by atoms with Gasteiger partial charge in [0, 0.05) is 16.3 Å². The number of halogens is 2. The second-order valence-electron chi connectivity index (χ2n) is 5.56. The normalized spacial score (nSPS) is 11.6. The second-order valence-corrected chi connectivity index (χ2v) is 5.56. The molecule has 0 aliphatic carbocycles. The Morgan fingerprint density at radius 3 is 2.54 bits per heavy atom. The van der Waals surface area contributed by atoms with E-state index in [-0.39, 0.29) is 28.4 Å². The summed E-state index contributed by atoms with van der Waals surface area (Å²) in [6.45, 7) is 1.75. The molecule has 7 heteroatoms. The van der Waals surface area contributed by atoms with E-state index in [2.05, 4.69) is 9.98 Å². The highest BCUT2D eigenvalue weighted by atomic mass is 19.1. The van der Waals surface area contributed by atoms with Gasteiger partial charge in [-0.15, -0.1) is 0 Å². The highest BCUT2D eigenvalue weighted by Crippen LogP contribution is 2.36. The Balaban J connectivity index is 2.34. The molecule has 0 aliphatic heterocycles. The molecular formula is C19H16F2N4O. The molecule has 3 rings (SSSR count). The molecule has 0 unspecified atom stereocenters. The monoisotopic (exact) mass is 354 g/mol. The summed E-state index contributed by atoms with van der Waals surface area (Å²) < 4.78 is 28.5. The van der Waals surface area contributed by atoms with Crippen LogP contribution in [0.2, 0.25) is 0 Å². The number of aromatic nitrogens is 1. The van der Waals surface area contributed by atoms with E-state index in [4.69, 9.17) is 11.5 Å². The van der Waals surface area contributed by atoms with Crippen molar-refractivity contribution < 1.29 is 13.9 Å². The zero-order valence-corrected chi connectivity index (χ0v) is 13.9. The van der Waals surface area contributed by atoms with Crippen LogP contribution >= 0.6 is 0 Å². The fraction of sp³-hybridized carbons (Fsp3) is 0.0526. The Hall–Kier alpha value is -3.48. The van der Waals surface area contributed by atoms with Crippen LogP contribution in [0.15, 0.2) is 53.7 Å². The van der Waals surface area contributed by atoms with E-state index in [1.165, 1.54) is 24.3 Å². The first-order valence-electron chi connectivity index (χ1n) is 7.74. The van der Waals surface area contributed by atoms with Crippen molar-refractivity contribution in [2.24, 2.45) is 16.5 Å². The van der Waals surface area contributed by atoms with E-state index in [9.17, 15) is 13.9 Å². The number of hydrogen-bond acceptors (Lipinski definition) is 3. The summed E-state index contributed by atoms with van der Waals surface area (Å²) in [5, 5.41) is 10.6. The Labute approximate surface area is 148 Å². The topological polar surface area (TPSA) is 97.5 Å². The number of aromatic hydroxyl groups is 1. The van der Waals surface area contributed by atoms with Gasteiger partial charge in [0.25, 0.3) is 0 Å². The molecule has 1 heterocycles. The number of guanidine groups is 1. The zero-order chi connectivity index (χ0) is 18.8. The first kappa shape index (κ1) is 17.3. The fourth-order valence-electron chi connectivity index (χ4n) is 2.75. The molecule has 0 radical (unpaired) electrons. The molecular weight excluding hydrogens is 338 g/mol. The summed E-state index contributed by atoms with van der Waals surface area (Å²) in [6.07, 6.45) is 2.68. The third-order valence-corrected chi connectivity index (χ3v) is 3.89. The average molecular weight is 354 g/mol. The molecule has 0 saturated carbocycles. The van der Waals surface area contributed by atoms with E-state index in [1.807, 2.05) is 0 Å². The van der Waals surface area contributed by atoms with Crippen LogP contribution < -0.4 is 11.5 Å².